The molecule has 2 aromatic carbocycles. The molecule has 0 saturated carbocycles. The van der Waals surface area contributed by atoms with E-state index in [-0.39, 0.29) is 24.8 Å². The van der Waals surface area contributed by atoms with E-state index in [4.69, 9.17) is 0 Å². The number of amides is 1. The first-order chi connectivity index (χ1) is 10.0. The Morgan fingerprint density at radius 2 is 1.67 bits per heavy atom. The average Bonchev–Trinajstić information content (AvgIpc) is 2.48. The molecule has 0 bridgehead atoms. The zero-order valence-corrected chi connectivity index (χ0v) is 11.0. The Balaban J connectivity index is 1.79. The predicted molar refractivity (Wildman–Crippen MR) is 73.1 cm³/mol. The molecule has 0 spiro atoms. The van der Waals surface area contributed by atoms with Crippen LogP contribution in [0.2, 0.25) is 0 Å². The van der Waals surface area contributed by atoms with Crippen molar-refractivity contribution in [2.75, 3.05) is 11.9 Å². The van der Waals surface area contributed by atoms with E-state index in [1.54, 1.807) is 12.1 Å². The van der Waals surface area contributed by atoms with Crippen molar-refractivity contribution in [1.82, 2.24) is 5.32 Å². The SMILES string of the molecule is O=C(CNc1ccc(F)c(F)c1)NCc1ccc(F)cc1. The summed E-state index contributed by atoms with van der Waals surface area (Å²) in [6.45, 7) is 0.185. The number of halogens is 3. The molecule has 0 unspecified atom stereocenters. The normalized spacial score (nSPS) is 10.2. The molecular formula is C15H13F3N2O. The summed E-state index contributed by atoms with van der Waals surface area (Å²) < 4.78 is 38.4. The molecule has 21 heavy (non-hydrogen) atoms. The van der Waals surface area contributed by atoms with Gasteiger partial charge in [-0.2, -0.15) is 0 Å². The van der Waals surface area contributed by atoms with Crippen LogP contribution in [-0.4, -0.2) is 12.5 Å². The van der Waals surface area contributed by atoms with Gasteiger partial charge in [0.25, 0.3) is 0 Å². The van der Waals surface area contributed by atoms with Gasteiger partial charge in [-0.05, 0) is 29.8 Å². The van der Waals surface area contributed by atoms with Crippen molar-refractivity contribution in [2.24, 2.45) is 0 Å². The number of carbonyl (C=O) groups is 1. The van der Waals surface area contributed by atoms with E-state index in [1.165, 1.54) is 18.2 Å². The summed E-state index contributed by atoms with van der Waals surface area (Å²) in [5, 5.41) is 5.30. The second-order valence-electron chi connectivity index (χ2n) is 4.39. The van der Waals surface area contributed by atoms with Gasteiger partial charge in [0.1, 0.15) is 5.82 Å². The van der Waals surface area contributed by atoms with Crippen molar-refractivity contribution in [1.29, 1.82) is 0 Å². The van der Waals surface area contributed by atoms with Gasteiger partial charge in [-0.15, -0.1) is 0 Å². The Kier molecular flexibility index (Phi) is 4.81. The lowest BCUT2D eigenvalue weighted by molar-refractivity contribution is -0.119. The van der Waals surface area contributed by atoms with Crippen molar-refractivity contribution in [3.63, 3.8) is 0 Å². The molecule has 110 valence electrons. The van der Waals surface area contributed by atoms with Gasteiger partial charge < -0.3 is 10.6 Å². The highest BCUT2D eigenvalue weighted by Crippen LogP contribution is 2.12. The summed E-state index contributed by atoms with van der Waals surface area (Å²) in [7, 11) is 0. The molecule has 2 rings (SSSR count). The smallest absolute Gasteiger partial charge is 0.239 e. The molecule has 0 radical (unpaired) electrons. The Morgan fingerprint density at radius 3 is 2.33 bits per heavy atom. The maximum Gasteiger partial charge on any atom is 0.239 e. The van der Waals surface area contributed by atoms with Crippen molar-refractivity contribution in [3.05, 3.63) is 65.5 Å². The Bertz CT molecular complexity index is 629. The molecule has 0 aliphatic heterocycles. The van der Waals surface area contributed by atoms with Crippen LogP contribution in [0, 0.1) is 17.5 Å². The highest BCUT2D eigenvalue weighted by atomic mass is 19.2. The fourth-order valence-electron chi connectivity index (χ4n) is 1.65. The molecular weight excluding hydrogens is 281 g/mol. The van der Waals surface area contributed by atoms with Crippen molar-refractivity contribution in [3.8, 4) is 0 Å². The molecule has 1 amide bonds. The zero-order valence-electron chi connectivity index (χ0n) is 11.0. The predicted octanol–water partition coefficient (Wildman–Crippen LogP) is 2.83. The molecule has 6 heteroatoms. The second kappa shape index (κ2) is 6.78. The standard InChI is InChI=1S/C15H13F3N2O/c16-11-3-1-10(2-4-11)8-20-15(21)9-19-12-5-6-13(17)14(18)7-12/h1-7,19H,8-9H2,(H,20,21). The Hall–Kier alpha value is -2.50. The lowest BCUT2D eigenvalue weighted by Gasteiger charge is -2.08. The number of anilines is 1. The first kappa shape index (κ1) is 14.9. The Morgan fingerprint density at radius 1 is 0.952 bits per heavy atom. The summed E-state index contributed by atoms with van der Waals surface area (Å²) in [6.07, 6.45) is 0. The number of nitrogens with one attached hydrogen (secondary N) is 2. The van der Waals surface area contributed by atoms with Crippen LogP contribution in [0.25, 0.3) is 0 Å². The monoisotopic (exact) mass is 294 g/mol. The third-order valence-corrected chi connectivity index (χ3v) is 2.78. The summed E-state index contributed by atoms with van der Waals surface area (Å²) in [5.74, 6) is -2.58. The minimum Gasteiger partial charge on any atom is -0.376 e. The van der Waals surface area contributed by atoms with Gasteiger partial charge in [0.05, 0.1) is 6.54 Å². The molecule has 0 aromatic heterocycles. The second-order valence-corrected chi connectivity index (χ2v) is 4.39. The molecule has 0 fully saturated rings. The van der Waals surface area contributed by atoms with Gasteiger partial charge in [0.2, 0.25) is 5.91 Å². The fraction of sp³-hybridized carbons (Fsp3) is 0.133. The molecule has 2 N–H and O–H groups in total. The van der Waals surface area contributed by atoms with Crippen LogP contribution in [0.15, 0.2) is 42.5 Å². The number of carbonyl (C=O) groups excluding carboxylic acids is 1. The lowest BCUT2D eigenvalue weighted by Crippen LogP contribution is -2.29. The minimum atomic E-state index is -0.980. The number of hydrogen-bond acceptors (Lipinski definition) is 2. The van der Waals surface area contributed by atoms with Crippen LogP contribution >= 0.6 is 0 Å². The van der Waals surface area contributed by atoms with Gasteiger partial charge >= 0.3 is 0 Å². The van der Waals surface area contributed by atoms with Crippen LogP contribution in [0.5, 0.6) is 0 Å². The summed E-state index contributed by atoms with van der Waals surface area (Å²) in [4.78, 5) is 11.6. The van der Waals surface area contributed by atoms with Gasteiger partial charge in [-0.3, -0.25) is 4.79 Å². The zero-order chi connectivity index (χ0) is 15.2. The molecule has 0 aliphatic rings. The van der Waals surface area contributed by atoms with Crippen molar-refractivity contribution in [2.45, 2.75) is 6.54 Å². The van der Waals surface area contributed by atoms with Crippen molar-refractivity contribution < 1.29 is 18.0 Å². The van der Waals surface area contributed by atoms with Gasteiger partial charge in [-0.25, -0.2) is 13.2 Å². The Labute approximate surface area is 119 Å². The highest BCUT2D eigenvalue weighted by Gasteiger charge is 2.05. The van der Waals surface area contributed by atoms with E-state index in [2.05, 4.69) is 10.6 Å². The molecule has 3 nitrogen and oxygen atoms in total. The largest absolute Gasteiger partial charge is 0.376 e. The molecule has 0 saturated heterocycles. The van der Waals surface area contributed by atoms with E-state index in [9.17, 15) is 18.0 Å². The number of rotatable bonds is 5. The third-order valence-electron chi connectivity index (χ3n) is 2.78. The van der Waals surface area contributed by atoms with Crippen LogP contribution in [-0.2, 0) is 11.3 Å². The molecule has 0 heterocycles. The maximum absolute atomic E-state index is 13.0. The van der Waals surface area contributed by atoms with Crippen LogP contribution in [0.4, 0.5) is 18.9 Å². The number of hydrogen-bond donors (Lipinski definition) is 2. The first-order valence-corrected chi connectivity index (χ1v) is 6.24. The summed E-state index contributed by atoms with van der Waals surface area (Å²) in [5.41, 5.74) is 1.07. The quantitative estimate of drug-likeness (QED) is 0.890. The topological polar surface area (TPSA) is 41.1 Å². The third kappa shape index (κ3) is 4.52. The van der Waals surface area contributed by atoms with E-state index < -0.39 is 11.6 Å². The first-order valence-electron chi connectivity index (χ1n) is 6.24. The van der Waals surface area contributed by atoms with Crippen LogP contribution in [0.1, 0.15) is 5.56 Å². The van der Waals surface area contributed by atoms with E-state index >= 15 is 0 Å². The van der Waals surface area contributed by atoms with Gasteiger partial charge in [-0.1, -0.05) is 12.1 Å². The van der Waals surface area contributed by atoms with Crippen LogP contribution in [0.3, 0.4) is 0 Å². The summed E-state index contributed by atoms with van der Waals surface area (Å²) >= 11 is 0. The average molecular weight is 294 g/mol. The van der Waals surface area contributed by atoms with E-state index in [1.807, 2.05) is 0 Å². The molecule has 0 aliphatic carbocycles. The minimum absolute atomic E-state index is 0.0771. The van der Waals surface area contributed by atoms with Gasteiger partial charge in [0, 0.05) is 18.3 Å². The number of benzene rings is 2. The highest BCUT2D eigenvalue weighted by molar-refractivity contribution is 5.80. The fourth-order valence-corrected chi connectivity index (χ4v) is 1.65. The van der Waals surface area contributed by atoms with Crippen molar-refractivity contribution >= 4 is 11.6 Å². The maximum atomic E-state index is 13.0. The van der Waals surface area contributed by atoms with Gasteiger partial charge in [0.15, 0.2) is 11.6 Å². The van der Waals surface area contributed by atoms with E-state index in [0.717, 1.165) is 17.7 Å². The van der Waals surface area contributed by atoms with Crippen LogP contribution < -0.4 is 10.6 Å². The lowest BCUT2D eigenvalue weighted by atomic mass is 10.2. The summed E-state index contributed by atoms with van der Waals surface area (Å²) in [6, 6.07) is 9.04. The molecule has 0 atom stereocenters. The van der Waals surface area contributed by atoms with E-state index in [0.29, 0.717) is 5.69 Å². The molecule has 2 aromatic rings.